The second kappa shape index (κ2) is 6.69. The Hall–Kier alpha value is -1.91. The molecule has 5 heteroatoms. The van der Waals surface area contributed by atoms with Crippen molar-refractivity contribution >= 4 is 29.1 Å². The maximum atomic E-state index is 6.30. The average molecular weight is 344 g/mol. The van der Waals surface area contributed by atoms with Crippen LogP contribution in [0.25, 0.3) is 0 Å². The van der Waals surface area contributed by atoms with E-state index in [2.05, 4.69) is 35.8 Å². The van der Waals surface area contributed by atoms with Crippen LogP contribution in [0.1, 0.15) is 17.0 Å². The van der Waals surface area contributed by atoms with E-state index < -0.39 is 0 Å². The van der Waals surface area contributed by atoms with Crippen LogP contribution in [0.2, 0.25) is 5.02 Å². The smallest absolute Gasteiger partial charge is 0.173 e. The molecule has 0 saturated carbocycles. The van der Waals surface area contributed by atoms with Crippen molar-refractivity contribution in [2.45, 2.75) is 30.4 Å². The molecule has 1 heterocycles. The number of hydrogen-bond donors (Lipinski definition) is 1. The zero-order valence-electron chi connectivity index (χ0n) is 13.1. The average Bonchev–Trinajstić information content (AvgIpc) is 2.79. The summed E-state index contributed by atoms with van der Waals surface area (Å²) in [6.45, 7) is 4.92. The van der Waals surface area contributed by atoms with Crippen molar-refractivity contribution in [3.8, 4) is 0 Å². The highest BCUT2D eigenvalue weighted by molar-refractivity contribution is 7.99. The third kappa shape index (κ3) is 3.54. The number of imidazole rings is 1. The van der Waals surface area contributed by atoms with Crippen LogP contribution in [0.4, 0.5) is 5.69 Å². The summed E-state index contributed by atoms with van der Waals surface area (Å²) in [6.07, 6.45) is 0. The number of anilines is 1. The van der Waals surface area contributed by atoms with Crippen LogP contribution in [-0.4, -0.2) is 9.55 Å². The SMILES string of the molecule is Cc1nc(Sc2ccc(N)cc2Cl)n(Cc2ccccc2)c1C. The van der Waals surface area contributed by atoms with Crippen molar-refractivity contribution < 1.29 is 0 Å². The third-order valence-corrected chi connectivity index (χ3v) is 5.26. The Morgan fingerprint density at radius 1 is 1.13 bits per heavy atom. The number of rotatable bonds is 4. The van der Waals surface area contributed by atoms with Gasteiger partial charge in [-0.05, 0) is 37.6 Å². The minimum absolute atomic E-state index is 0.652. The molecule has 0 radical (unpaired) electrons. The van der Waals surface area contributed by atoms with E-state index in [0.717, 1.165) is 22.3 Å². The largest absolute Gasteiger partial charge is 0.399 e. The minimum atomic E-state index is 0.652. The number of aryl methyl sites for hydroxylation is 1. The molecular formula is C18H18ClN3S. The van der Waals surface area contributed by atoms with Gasteiger partial charge in [0.25, 0.3) is 0 Å². The van der Waals surface area contributed by atoms with Crippen LogP contribution in [-0.2, 0) is 6.54 Å². The van der Waals surface area contributed by atoms with E-state index in [4.69, 9.17) is 22.3 Å². The molecule has 0 bridgehead atoms. The lowest BCUT2D eigenvalue weighted by Crippen LogP contribution is -2.03. The molecule has 0 saturated heterocycles. The van der Waals surface area contributed by atoms with E-state index in [0.29, 0.717) is 10.7 Å². The summed E-state index contributed by atoms with van der Waals surface area (Å²) in [5.41, 5.74) is 9.89. The number of hydrogen-bond acceptors (Lipinski definition) is 3. The van der Waals surface area contributed by atoms with Crippen LogP contribution in [0, 0.1) is 13.8 Å². The van der Waals surface area contributed by atoms with E-state index in [-0.39, 0.29) is 0 Å². The molecule has 118 valence electrons. The van der Waals surface area contributed by atoms with Crippen LogP contribution >= 0.6 is 23.4 Å². The zero-order chi connectivity index (χ0) is 16.4. The van der Waals surface area contributed by atoms with Crippen LogP contribution in [0.5, 0.6) is 0 Å². The lowest BCUT2D eigenvalue weighted by molar-refractivity contribution is 0.688. The van der Waals surface area contributed by atoms with Crippen LogP contribution < -0.4 is 5.73 Å². The molecule has 2 aromatic carbocycles. The molecule has 0 aliphatic heterocycles. The maximum Gasteiger partial charge on any atom is 0.173 e. The maximum absolute atomic E-state index is 6.30. The van der Waals surface area contributed by atoms with Crippen LogP contribution in [0.3, 0.4) is 0 Å². The highest BCUT2D eigenvalue weighted by Gasteiger charge is 2.14. The predicted molar refractivity (Wildman–Crippen MR) is 97.2 cm³/mol. The Bertz CT molecular complexity index is 828. The van der Waals surface area contributed by atoms with Gasteiger partial charge in [-0.3, -0.25) is 0 Å². The van der Waals surface area contributed by atoms with Gasteiger partial charge >= 0.3 is 0 Å². The number of halogens is 1. The summed E-state index contributed by atoms with van der Waals surface area (Å²) in [7, 11) is 0. The number of benzene rings is 2. The fourth-order valence-corrected chi connectivity index (χ4v) is 3.64. The molecule has 3 rings (SSSR count). The predicted octanol–water partition coefficient (Wildman–Crippen LogP) is 4.94. The lowest BCUT2D eigenvalue weighted by Gasteiger charge is -2.11. The van der Waals surface area contributed by atoms with Gasteiger partial charge < -0.3 is 10.3 Å². The normalized spacial score (nSPS) is 10.9. The van der Waals surface area contributed by atoms with Gasteiger partial charge in [0.05, 0.1) is 10.7 Å². The van der Waals surface area contributed by atoms with Gasteiger partial charge in [0.2, 0.25) is 0 Å². The Labute approximate surface area is 145 Å². The quantitative estimate of drug-likeness (QED) is 0.683. The Morgan fingerprint density at radius 2 is 1.87 bits per heavy atom. The fourth-order valence-electron chi connectivity index (χ4n) is 2.35. The Kier molecular flexibility index (Phi) is 4.64. The van der Waals surface area contributed by atoms with Gasteiger partial charge in [0.15, 0.2) is 5.16 Å². The number of nitrogens with zero attached hydrogens (tertiary/aromatic N) is 2. The topological polar surface area (TPSA) is 43.8 Å². The molecule has 3 nitrogen and oxygen atoms in total. The summed E-state index contributed by atoms with van der Waals surface area (Å²) >= 11 is 7.87. The first-order chi connectivity index (χ1) is 11.0. The van der Waals surface area contributed by atoms with Gasteiger partial charge in [0, 0.05) is 22.8 Å². The monoisotopic (exact) mass is 343 g/mol. The van der Waals surface area contributed by atoms with E-state index in [1.165, 1.54) is 11.3 Å². The van der Waals surface area contributed by atoms with Crippen molar-refractivity contribution in [3.63, 3.8) is 0 Å². The molecule has 0 atom stereocenters. The van der Waals surface area contributed by atoms with Crippen molar-refractivity contribution in [1.82, 2.24) is 9.55 Å². The molecule has 1 aromatic heterocycles. The van der Waals surface area contributed by atoms with E-state index >= 15 is 0 Å². The summed E-state index contributed by atoms with van der Waals surface area (Å²) in [5.74, 6) is 0. The first-order valence-corrected chi connectivity index (χ1v) is 8.54. The molecule has 0 amide bonds. The second-order valence-corrected chi connectivity index (χ2v) is 6.85. The van der Waals surface area contributed by atoms with Gasteiger partial charge in [-0.1, -0.05) is 53.7 Å². The third-order valence-electron chi connectivity index (χ3n) is 3.76. The molecule has 0 aliphatic carbocycles. The van der Waals surface area contributed by atoms with Gasteiger partial charge in [-0.15, -0.1) is 0 Å². The van der Waals surface area contributed by atoms with Crippen molar-refractivity contribution in [2.24, 2.45) is 0 Å². The van der Waals surface area contributed by atoms with Crippen molar-refractivity contribution in [3.05, 3.63) is 70.5 Å². The zero-order valence-corrected chi connectivity index (χ0v) is 14.7. The molecule has 0 unspecified atom stereocenters. The Balaban J connectivity index is 1.94. The molecule has 3 aromatic rings. The first-order valence-electron chi connectivity index (χ1n) is 7.35. The second-order valence-electron chi connectivity index (χ2n) is 5.43. The standard InChI is InChI=1S/C18H18ClN3S/c1-12-13(2)22(11-14-6-4-3-5-7-14)18(21-12)23-17-9-8-15(20)10-16(17)19/h3-10H,11,20H2,1-2H3. The number of nitrogen functional groups attached to an aromatic ring is 1. The van der Waals surface area contributed by atoms with Crippen LogP contribution in [0.15, 0.2) is 58.6 Å². The molecule has 23 heavy (non-hydrogen) atoms. The van der Waals surface area contributed by atoms with E-state index in [1.54, 1.807) is 17.8 Å². The Morgan fingerprint density at radius 3 is 2.57 bits per heavy atom. The summed E-state index contributed by atoms with van der Waals surface area (Å²) in [6, 6.07) is 16.0. The number of nitrogens with two attached hydrogens (primary N) is 1. The highest BCUT2D eigenvalue weighted by atomic mass is 35.5. The molecular weight excluding hydrogens is 326 g/mol. The molecule has 2 N–H and O–H groups in total. The fraction of sp³-hybridized carbons (Fsp3) is 0.167. The van der Waals surface area contributed by atoms with Crippen molar-refractivity contribution in [2.75, 3.05) is 5.73 Å². The van der Waals surface area contributed by atoms with E-state index in [9.17, 15) is 0 Å². The summed E-state index contributed by atoms with van der Waals surface area (Å²) in [5, 5.41) is 1.59. The van der Waals surface area contributed by atoms with Gasteiger partial charge in [-0.2, -0.15) is 0 Å². The highest BCUT2D eigenvalue weighted by Crippen LogP contribution is 2.35. The lowest BCUT2D eigenvalue weighted by atomic mass is 10.2. The molecule has 0 spiro atoms. The summed E-state index contributed by atoms with van der Waals surface area (Å²) < 4.78 is 2.22. The van der Waals surface area contributed by atoms with E-state index in [1.807, 2.05) is 25.1 Å². The minimum Gasteiger partial charge on any atom is -0.399 e. The van der Waals surface area contributed by atoms with Gasteiger partial charge in [0.1, 0.15) is 0 Å². The summed E-state index contributed by atoms with van der Waals surface area (Å²) in [4.78, 5) is 5.66. The molecule has 0 aliphatic rings. The molecule has 0 fully saturated rings. The van der Waals surface area contributed by atoms with Gasteiger partial charge in [-0.25, -0.2) is 4.98 Å². The van der Waals surface area contributed by atoms with Crippen molar-refractivity contribution in [1.29, 1.82) is 0 Å². The first kappa shape index (κ1) is 16.0. The number of aromatic nitrogens is 2.